The van der Waals surface area contributed by atoms with E-state index >= 15 is 0 Å². The fourth-order valence-electron chi connectivity index (χ4n) is 4.97. The van der Waals surface area contributed by atoms with Crippen LogP contribution in [0, 0.1) is 13.8 Å². The van der Waals surface area contributed by atoms with Crippen LogP contribution in [0.25, 0.3) is 0 Å². The molecular formula is C35H39N3O5S. The van der Waals surface area contributed by atoms with Crippen LogP contribution in [-0.2, 0) is 32.6 Å². The smallest absolute Gasteiger partial charge is 0.264 e. The molecule has 0 aliphatic carbocycles. The van der Waals surface area contributed by atoms with Crippen molar-refractivity contribution in [1.82, 2.24) is 10.2 Å². The van der Waals surface area contributed by atoms with Crippen molar-refractivity contribution in [1.29, 1.82) is 0 Å². The summed E-state index contributed by atoms with van der Waals surface area (Å²) in [5, 5.41) is 2.87. The fourth-order valence-corrected chi connectivity index (χ4v) is 6.39. The number of aryl methyl sites for hydroxylation is 2. The first-order chi connectivity index (χ1) is 21.1. The second-order valence-electron chi connectivity index (χ2n) is 10.6. The number of nitrogens with zero attached hydrogens (tertiary/aromatic N) is 2. The average Bonchev–Trinajstić information content (AvgIpc) is 3.02. The summed E-state index contributed by atoms with van der Waals surface area (Å²) >= 11 is 0. The Morgan fingerprint density at radius 3 is 2.00 bits per heavy atom. The molecule has 0 aromatic heterocycles. The Bertz CT molecular complexity index is 1660. The molecule has 4 aromatic carbocycles. The van der Waals surface area contributed by atoms with Crippen LogP contribution in [0.15, 0.2) is 108 Å². The zero-order valence-electron chi connectivity index (χ0n) is 25.6. The maximum atomic E-state index is 14.5. The van der Waals surface area contributed by atoms with Gasteiger partial charge in [-0.25, -0.2) is 8.42 Å². The van der Waals surface area contributed by atoms with E-state index in [1.165, 1.54) is 24.1 Å². The molecule has 230 valence electrons. The van der Waals surface area contributed by atoms with E-state index in [4.69, 9.17) is 4.74 Å². The quantitative estimate of drug-likeness (QED) is 0.221. The zero-order valence-corrected chi connectivity index (χ0v) is 26.4. The monoisotopic (exact) mass is 613 g/mol. The number of hydrogen-bond acceptors (Lipinski definition) is 5. The first-order valence-corrected chi connectivity index (χ1v) is 16.0. The minimum absolute atomic E-state index is 0.0404. The number of methoxy groups -OCH3 is 1. The number of ether oxygens (including phenoxy) is 1. The Labute approximate surface area is 260 Å². The van der Waals surface area contributed by atoms with Crippen molar-refractivity contribution >= 4 is 27.5 Å². The molecule has 0 spiro atoms. The van der Waals surface area contributed by atoms with E-state index in [9.17, 15) is 18.0 Å². The van der Waals surface area contributed by atoms with Gasteiger partial charge in [0.2, 0.25) is 11.8 Å². The molecule has 1 unspecified atom stereocenters. The Morgan fingerprint density at radius 2 is 1.41 bits per heavy atom. The van der Waals surface area contributed by atoms with Gasteiger partial charge in [0, 0.05) is 19.5 Å². The third-order valence-electron chi connectivity index (χ3n) is 7.31. The van der Waals surface area contributed by atoms with Gasteiger partial charge in [0.1, 0.15) is 18.3 Å². The van der Waals surface area contributed by atoms with Crippen LogP contribution >= 0.6 is 0 Å². The van der Waals surface area contributed by atoms with E-state index in [0.29, 0.717) is 12.3 Å². The molecule has 8 nitrogen and oxygen atoms in total. The van der Waals surface area contributed by atoms with Gasteiger partial charge in [-0.15, -0.1) is 0 Å². The molecule has 0 fully saturated rings. The largest absolute Gasteiger partial charge is 0.495 e. The first kappa shape index (κ1) is 32.3. The Hall–Kier alpha value is -4.63. The van der Waals surface area contributed by atoms with Crippen molar-refractivity contribution in [2.75, 3.05) is 24.5 Å². The van der Waals surface area contributed by atoms with Gasteiger partial charge in [0.25, 0.3) is 10.0 Å². The van der Waals surface area contributed by atoms with Gasteiger partial charge < -0.3 is 15.0 Å². The van der Waals surface area contributed by atoms with Crippen molar-refractivity contribution in [2.45, 2.75) is 44.7 Å². The maximum Gasteiger partial charge on any atom is 0.264 e. The highest BCUT2D eigenvalue weighted by Gasteiger charge is 2.35. The molecule has 0 heterocycles. The summed E-state index contributed by atoms with van der Waals surface area (Å²) in [7, 11) is -2.77. The summed E-state index contributed by atoms with van der Waals surface area (Å²) in [5.74, 6) is -0.541. The summed E-state index contributed by atoms with van der Waals surface area (Å²) < 4.78 is 35.2. The highest BCUT2D eigenvalue weighted by Crippen LogP contribution is 2.34. The Balaban J connectivity index is 1.83. The number of hydrogen-bond donors (Lipinski definition) is 1. The maximum absolute atomic E-state index is 14.5. The van der Waals surface area contributed by atoms with E-state index in [-0.39, 0.29) is 29.5 Å². The van der Waals surface area contributed by atoms with E-state index in [1.807, 2.05) is 87.5 Å². The number of carbonyl (C=O) groups excluding carboxylic acids is 2. The van der Waals surface area contributed by atoms with Gasteiger partial charge in [-0.2, -0.15) is 0 Å². The SMILES string of the molecule is CCNC(=O)C(Cc1ccccc1)N(Cc1ccccc1)C(=O)CN(c1cc(C)ccc1OC)S(=O)(=O)c1ccc(C)cc1. The van der Waals surface area contributed by atoms with Crippen molar-refractivity contribution in [3.8, 4) is 5.75 Å². The van der Waals surface area contributed by atoms with Crippen LogP contribution in [0.5, 0.6) is 5.75 Å². The molecule has 44 heavy (non-hydrogen) atoms. The molecule has 1 N–H and O–H groups in total. The second-order valence-corrected chi connectivity index (χ2v) is 12.5. The topological polar surface area (TPSA) is 96.0 Å². The highest BCUT2D eigenvalue weighted by atomic mass is 32.2. The van der Waals surface area contributed by atoms with Gasteiger partial charge in [-0.3, -0.25) is 13.9 Å². The summed E-state index contributed by atoms with van der Waals surface area (Å²) in [6, 6.07) is 29.6. The molecule has 0 bridgehead atoms. The first-order valence-electron chi connectivity index (χ1n) is 14.5. The van der Waals surface area contributed by atoms with Crippen LogP contribution in [-0.4, -0.2) is 51.4 Å². The summed E-state index contributed by atoms with van der Waals surface area (Å²) in [5.41, 5.74) is 3.62. The molecule has 0 saturated heterocycles. The standard InChI is InChI=1S/C35H39N3O5S/c1-5-36-35(40)32(23-28-12-8-6-9-13-28)37(24-29-14-10-7-11-15-29)34(39)25-38(31-22-27(3)18-21-33(31)43-4)44(41,42)30-19-16-26(2)17-20-30/h6-22,32H,5,23-25H2,1-4H3,(H,36,40). The summed E-state index contributed by atoms with van der Waals surface area (Å²) in [4.78, 5) is 29.6. The lowest BCUT2D eigenvalue weighted by Crippen LogP contribution is -2.53. The molecule has 4 rings (SSSR count). The van der Waals surface area contributed by atoms with Crippen LogP contribution in [0.3, 0.4) is 0 Å². The van der Waals surface area contributed by atoms with Crippen LogP contribution in [0.4, 0.5) is 5.69 Å². The lowest BCUT2D eigenvalue weighted by atomic mass is 10.0. The van der Waals surface area contributed by atoms with Gasteiger partial charge in [-0.05, 0) is 61.7 Å². The van der Waals surface area contributed by atoms with Gasteiger partial charge in [0.05, 0.1) is 17.7 Å². The summed E-state index contributed by atoms with van der Waals surface area (Å²) in [6.07, 6.45) is 0.254. The minimum atomic E-state index is -4.23. The molecular weight excluding hydrogens is 574 g/mol. The zero-order chi connectivity index (χ0) is 31.7. The van der Waals surface area contributed by atoms with Crippen molar-refractivity contribution < 1.29 is 22.7 Å². The number of amides is 2. The molecule has 1 atom stereocenters. The van der Waals surface area contributed by atoms with Gasteiger partial charge in [-0.1, -0.05) is 84.4 Å². The normalized spacial score (nSPS) is 11.8. The number of sulfonamides is 1. The van der Waals surface area contributed by atoms with Crippen LogP contribution in [0.2, 0.25) is 0 Å². The Kier molecular flexibility index (Phi) is 10.8. The van der Waals surface area contributed by atoms with E-state index < -0.39 is 28.5 Å². The van der Waals surface area contributed by atoms with Crippen LogP contribution < -0.4 is 14.4 Å². The molecule has 4 aromatic rings. The lowest BCUT2D eigenvalue weighted by molar-refractivity contribution is -0.140. The second kappa shape index (κ2) is 14.7. The predicted octanol–water partition coefficient (Wildman–Crippen LogP) is 5.28. The number of likely N-dealkylation sites (N-methyl/N-ethyl adjacent to an activating group) is 1. The van der Waals surface area contributed by atoms with E-state index in [0.717, 1.165) is 26.6 Å². The molecule has 0 saturated carbocycles. The number of carbonyl (C=O) groups is 2. The lowest BCUT2D eigenvalue weighted by Gasteiger charge is -2.34. The van der Waals surface area contributed by atoms with Crippen molar-refractivity contribution in [3.63, 3.8) is 0 Å². The summed E-state index contributed by atoms with van der Waals surface area (Å²) in [6.45, 7) is 5.48. The molecule has 9 heteroatoms. The molecule has 0 radical (unpaired) electrons. The van der Waals surface area contributed by atoms with Crippen molar-refractivity contribution in [2.24, 2.45) is 0 Å². The predicted molar refractivity (Wildman–Crippen MR) is 173 cm³/mol. The molecule has 0 aliphatic heterocycles. The fraction of sp³-hybridized carbons (Fsp3) is 0.257. The number of anilines is 1. The molecule has 0 aliphatic rings. The van der Waals surface area contributed by atoms with E-state index in [1.54, 1.807) is 24.3 Å². The number of benzene rings is 4. The third-order valence-corrected chi connectivity index (χ3v) is 9.08. The van der Waals surface area contributed by atoms with E-state index in [2.05, 4.69) is 5.32 Å². The Morgan fingerprint density at radius 1 is 0.818 bits per heavy atom. The van der Waals surface area contributed by atoms with Gasteiger partial charge in [0.15, 0.2) is 0 Å². The minimum Gasteiger partial charge on any atom is -0.495 e. The van der Waals surface area contributed by atoms with Gasteiger partial charge >= 0.3 is 0 Å². The van der Waals surface area contributed by atoms with Crippen LogP contribution in [0.1, 0.15) is 29.2 Å². The average molecular weight is 614 g/mol. The highest BCUT2D eigenvalue weighted by molar-refractivity contribution is 7.92. The molecule has 2 amide bonds. The number of nitrogens with one attached hydrogen (secondary N) is 1. The number of rotatable bonds is 13. The third kappa shape index (κ3) is 7.85. The van der Waals surface area contributed by atoms with Crippen molar-refractivity contribution in [3.05, 3.63) is 125 Å².